The van der Waals surface area contributed by atoms with E-state index in [1.165, 1.54) is 0 Å². The Hall–Kier alpha value is -1.41. The molecule has 0 bridgehead atoms. The molecule has 0 radical (unpaired) electrons. The summed E-state index contributed by atoms with van der Waals surface area (Å²) >= 11 is 6.39. The molecule has 0 saturated heterocycles. The van der Waals surface area contributed by atoms with Gasteiger partial charge < -0.3 is 4.74 Å². The van der Waals surface area contributed by atoms with E-state index < -0.39 is 35.6 Å². The molecule has 1 heterocycles. The van der Waals surface area contributed by atoms with E-state index in [2.05, 4.69) is 14.9 Å². The maximum Gasteiger partial charge on any atom is 0.207 e. The molecule has 0 fully saturated rings. The van der Waals surface area contributed by atoms with Crippen molar-refractivity contribution in [1.82, 2.24) is 10.2 Å². The molecule has 96 valence electrons. The number of ether oxygens (including phenoxy) is 1. The molecule has 3 nitrogen and oxygen atoms in total. The summed E-state index contributed by atoms with van der Waals surface area (Å²) in [7, 11) is 0. The Kier molecular flexibility index (Phi) is 3.67. The summed E-state index contributed by atoms with van der Waals surface area (Å²) in [6.07, 6.45) is 0. The number of aromatic nitrogens is 2. The van der Waals surface area contributed by atoms with Crippen LogP contribution in [0.2, 0.25) is 4.47 Å². The minimum atomic E-state index is -1.61. The molecule has 0 amide bonds. The van der Waals surface area contributed by atoms with Crippen molar-refractivity contribution in [2.75, 3.05) is 0 Å². The van der Waals surface area contributed by atoms with Crippen LogP contribution in [0, 0.1) is 23.3 Å². The summed E-state index contributed by atoms with van der Waals surface area (Å²) in [6, 6.07) is 0.0966. The third-order valence-electron chi connectivity index (χ3n) is 1.85. The SMILES string of the molecule is Fc1cc(F)c(F)c(OCc2nnc(Cl)s2)c1F. The van der Waals surface area contributed by atoms with Gasteiger partial charge in [-0.3, -0.25) is 0 Å². The maximum absolute atomic E-state index is 13.2. The first kappa shape index (κ1) is 13.0. The predicted octanol–water partition coefficient (Wildman–Crippen LogP) is 3.33. The lowest BCUT2D eigenvalue weighted by Gasteiger charge is -2.07. The van der Waals surface area contributed by atoms with E-state index in [4.69, 9.17) is 11.6 Å². The van der Waals surface area contributed by atoms with E-state index in [-0.39, 0.29) is 15.5 Å². The zero-order chi connectivity index (χ0) is 13.3. The lowest BCUT2D eigenvalue weighted by atomic mass is 10.3. The summed E-state index contributed by atoms with van der Waals surface area (Å²) in [6.45, 7) is -0.402. The van der Waals surface area contributed by atoms with E-state index in [9.17, 15) is 17.6 Å². The topological polar surface area (TPSA) is 35.0 Å². The van der Waals surface area contributed by atoms with Crippen molar-refractivity contribution in [3.05, 3.63) is 38.8 Å². The Labute approximate surface area is 107 Å². The molecule has 9 heteroatoms. The lowest BCUT2D eigenvalue weighted by Crippen LogP contribution is -2.03. The molecule has 18 heavy (non-hydrogen) atoms. The summed E-state index contributed by atoms with van der Waals surface area (Å²) < 4.78 is 56.8. The standard InChI is InChI=1S/C9H3ClF4N2OS/c10-9-16-15-5(18-9)2-17-8-6(13)3(11)1-4(12)7(8)14/h1H,2H2. The summed E-state index contributed by atoms with van der Waals surface area (Å²) in [5.41, 5.74) is 0. The highest BCUT2D eigenvalue weighted by Gasteiger charge is 2.21. The van der Waals surface area contributed by atoms with Gasteiger partial charge in [-0.1, -0.05) is 11.3 Å². The van der Waals surface area contributed by atoms with E-state index in [1.807, 2.05) is 0 Å². The van der Waals surface area contributed by atoms with Crippen LogP contribution in [0.5, 0.6) is 5.75 Å². The first-order valence-corrected chi connectivity index (χ1v) is 5.62. The molecule has 2 aromatic rings. The average molecular weight is 299 g/mol. The van der Waals surface area contributed by atoms with Crippen molar-refractivity contribution in [1.29, 1.82) is 0 Å². The van der Waals surface area contributed by atoms with Gasteiger partial charge in [0.15, 0.2) is 22.4 Å². The van der Waals surface area contributed by atoms with Crippen LogP contribution in [0.15, 0.2) is 6.07 Å². The van der Waals surface area contributed by atoms with Gasteiger partial charge in [0, 0.05) is 6.07 Å². The molecule has 0 N–H and O–H groups in total. The second-order valence-corrected chi connectivity index (χ2v) is 4.68. The number of halogens is 5. The Morgan fingerprint density at radius 3 is 2.22 bits per heavy atom. The van der Waals surface area contributed by atoms with Crippen LogP contribution in [0.4, 0.5) is 17.6 Å². The van der Waals surface area contributed by atoms with Crippen molar-refractivity contribution in [2.24, 2.45) is 0 Å². The van der Waals surface area contributed by atoms with Crippen LogP contribution >= 0.6 is 22.9 Å². The molecule has 0 unspecified atom stereocenters. The number of nitrogens with zero attached hydrogens (tertiary/aromatic N) is 2. The minimum Gasteiger partial charge on any atom is -0.480 e. The van der Waals surface area contributed by atoms with Crippen LogP contribution in [-0.4, -0.2) is 10.2 Å². The minimum absolute atomic E-state index is 0.0966. The van der Waals surface area contributed by atoms with E-state index >= 15 is 0 Å². The molecule has 0 aliphatic rings. The largest absolute Gasteiger partial charge is 0.480 e. The van der Waals surface area contributed by atoms with E-state index in [1.54, 1.807) is 0 Å². The van der Waals surface area contributed by atoms with E-state index in [0.29, 0.717) is 0 Å². The molecule has 1 aromatic heterocycles. The second-order valence-electron chi connectivity index (χ2n) is 3.03. The fraction of sp³-hybridized carbons (Fsp3) is 0.111. The van der Waals surface area contributed by atoms with Crippen molar-refractivity contribution < 1.29 is 22.3 Å². The first-order valence-electron chi connectivity index (χ1n) is 4.42. The van der Waals surface area contributed by atoms with Gasteiger partial charge in [0.25, 0.3) is 0 Å². The smallest absolute Gasteiger partial charge is 0.207 e. The third kappa shape index (κ3) is 2.54. The van der Waals surface area contributed by atoms with Gasteiger partial charge in [-0.15, -0.1) is 10.2 Å². The summed E-state index contributed by atoms with van der Waals surface area (Å²) in [5.74, 6) is -7.44. The molecular weight excluding hydrogens is 296 g/mol. The normalized spacial score (nSPS) is 10.7. The molecule has 0 atom stereocenters. The van der Waals surface area contributed by atoms with Crippen LogP contribution in [0.25, 0.3) is 0 Å². The van der Waals surface area contributed by atoms with Gasteiger partial charge in [-0.2, -0.15) is 8.78 Å². The Balaban J connectivity index is 2.24. The molecule has 0 aliphatic heterocycles. The molecule has 0 saturated carbocycles. The maximum atomic E-state index is 13.2. The zero-order valence-corrected chi connectivity index (χ0v) is 9.96. The average Bonchev–Trinajstić information content (AvgIpc) is 2.73. The van der Waals surface area contributed by atoms with Crippen LogP contribution < -0.4 is 4.74 Å². The molecular formula is C9H3ClF4N2OS. The van der Waals surface area contributed by atoms with Crippen molar-refractivity contribution in [3.63, 3.8) is 0 Å². The van der Waals surface area contributed by atoms with Gasteiger partial charge in [0.2, 0.25) is 16.1 Å². The highest BCUT2D eigenvalue weighted by Crippen LogP contribution is 2.27. The zero-order valence-electron chi connectivity index (χ0n) is 8.39. The quantitative estimate of drug-likeness (QED) is 0.644. The van der Waals surface area contributed by atoms with Crippen molar-refractivity contribution in [2.45, 2.75) is 6.61 Å². The highest BCUT2D eigenvalue weighted by atomic mass is 35.5. The first-order chi connectivity index (χ1) is 8.49. The van der Waals surface area contributed by atoms with Gasteiger partial charge in [-0.25, -0.2) is 8.78 Å². The number of hydrogen-bond donors (Lipinski definition) is 0. The fourth-order valence-corrected chi connectivity index (χ4v) is 1.88. The van der Waals surface area contributed by atoms with Gasteiger partial charge in [-0.05, 0) is 11.6 Å². The highest BCUT2D eigenvalue weighted by molar-refractivity contribution is 7.15. The summed E-state index contributed by atoms with van der Waals surface area (Å²) in [4.78, 5) is 0. The Bertz CT molecular complexity index is 566. The van der Waals surface area contributed by atoms with Gasteiger partial charge in [0.05, 0.1) is 0 Å². The summed E-state index contributed by atoms with van der Waals surface area (Å²) in [5, 5.41) is 7.15. The van der Waals surface area contributed by atoms with Crippen molar-refractivity contribution >= 4 is 22.9 Å². The lowest BCUT2D eigenvalue weighted by molar-refractivity contribution is 0.260. The predicted molar refractivity (Wildman–Crippen MR) is 55.5 cm³/mol. The third-order valence-corrected chi connectivity index (χ3v) is 2.85. The fourth-order valence-electron chi connectivity index (χ4n) is 1.10. The monoisotopic (exact) mass is 298 g/mol. The van der Waals surface area contributed by atoms with Crippen LogP contribution in [0.1, 0.15) is 5.01 Å². The van der Waals surface area contributed by atoms with Crippen LogP contribution in [-0.2, 0) is 6.61 Å². The van der Waals surface area contributed by atoms with Gasteiger partial charge in [0.1, 0.15) is 6.61 Å². The number of hydrogen-bond acceptors (Lipinski definition) is 4. The molecule has 1 aromatic carbocycles. The molecule has 0 spiro atoms. The Morgan fingerprint density at radius 1 is 1.11 bits per heavy atom. The number of rotatable bonds is 3. The molecule has 0 aliphatic carbocycles. The van der Waals surface area contributed by atoms with E-state index in [0.717, 1.165) is 11.3 Å². The van der Waals surface area contributed by atoms with Crippen LogP contribution in [0.3, 0.4) is 0 Å². The number of benzene rings is 1. The Morgan fingerprint density at radius 2 is 1.72 bits per heavy atom. The van der Waals surface area contributed by atoms with Crippen molar-refractivity contribution in [3.8, 4) is 5.75 Å². The van der Waals surface area contributed by atoms with Gasteiger partial charge >= 0.3 is 0 Å². The second kappa shape index (κ2) is 5.07. The molecule has 2 rings (SSSR count).